The minimum absolute atomic E-state index is 0.0211. The number of fused-ring (bicyclic) bond motifs is 1. The fourth-order valence-electron chi connectivity index (χ4n) is 3.56. The summed E-state index contributed by atoms with van der Waals surface area (Å²) in [6.07, 6.45) is -0.0828. The van der Waals surface area contributed by atoms with Crippen molar-refractivity contribution in [3.05, 3.63) is 69.3 Å². The number of nitrogens with two attached hydrogens (primary N) is 1. The first-order valence-corrected chi connectivity index (χ1v) is 14.8. The quantitative estimate of drug-likeness (QED) is 0.246. The van der Waals surface area contributed by atoms with Crippen molar-refractivity contribution in [3.63, 3.8) is 0 Å². The van der Waals surface area contributed by atoms with Crippen LogP contribution in [0.2, 0.25) is 18.1 Å². The van der Waals surface area contributed by atoms with E-state index in [2.05, 4.69) is 33.9 Å². The van der Waals surface area contributed by atoms with Gasteiger partial charge in [0.2, 0.25) is 0 Å². The number of rotatable bonds is 7. The molecule has 0 aliphatic rings. The van der Waals surface area contributed by atoms with Crippen LogP contribution in [0.5, 0.6) is 5.75 Å². The fraction of sp³-hybridized carbons (Fsp3) is 0.407. The highest BCUT2D eigenvalue weighted by Crippen LogP contribution is 2.37. The summed E-state index contributed by atoms with van der Waals surface area (Å²) in [6, 6.07) is 9.65. The van der Waals surface area contributed by atoms with Crippen LogP contribution in [0.4, 0.5) is 14.9 Å². The van der Waals surface area contributed by atoms with Gasteiger partial charge in [0.25, 0.3) is 0 Å². The van der Waals surface area contributed by atoms with Crippen LogP contribution in [0.1, 0.15) is 37.5 Å². The molecule has 0 saturated carbocycles. The molecule has 2 N–H and O–H groups in total. The van der Waals surface area contributed by atoms with Gasteiger partial charge >= 0.3 is 11.7 Å². The van der Waals surface area contributed by atoms with Crippen LogP contribution in [-0.2, 0) is 17.3 Å². The number of nitrogen functional groups attached to an aromatic ring is 1. The number of nitrogens with zero attached hydrogens (tertiary/aromatic N) is 1. The van der Waals surface area contributed by atoms with Crippen molar-refractivity contribution < 1.29 is 22.8 Å². The summed E-state index contributed by atoms with van der Waals surface area (Å²) in [5, 5.41) is 0.709. The molecule has 2 aromatic carbocycles. The predicted octanol–water partition coefficient (Wildman–Crippen LogP) is 5.73. The van der Waals surface area contributed by atoms with E-state index in [1.807, 2.05) is 0 Å². The molecular formula is C27H35FN2O5Si. The van der Waals surface area contributed by atoms with Gasteiger partial charge in [-0.05, 0) is 53.9 Å². The lowest BCUT2D eigenvalue weighted by molar-refractivity contribution is 0.172. The van der Waals surface area contributed by atoms with Crippen LogP contribution >= 0.6 is 0 Å². The molecule has 36 heavy (non-hydrogen) atoms. The van der Waals surface area contributed by atoms with Crippen LogP contribution in [0.3, 0.4) is 0 Å². The van der Waals surface area contributed by atoms with Crippen molar-refractivity contribution >= 4 is 31.1 Å². The molecule has 0 saturated heterocycles. The zero-order valence-corrected chi connectivity index (χ0v) is 23.0. The molecule has 0 aliphatic carbocycles. The summed E-state index contributed by atoms with van der Waals surface area (Å²) in [4.78, 5) is 26.4. The Morgan fingerprint density at radius 2 is 1.83 bits per heavy atom. The third-order valence-electron chi connectivity index (χ3n) is 6.76. The number of carbonyl (C=O) groups is 1. The van der Waals surface area contributed by atoms with Gasteiger partial charge in [0.1, 0.15) is 17.1 Å². The van der Waals surface area contributed by atoms with E-state index in [1.54, 1.807) is 38.4 Å². The summed E-state index contributed by atoms with van der Waals surface area (Å²) in [5.41, 5.74) is 6.85. The number of halogens is 1. The molecule has 0 aliphatic heterocycles. The second kappa shape index (κ2) is 10.4. The normalized spacial score (nSPS) is 12.1. The molecule has 0 fully saturated rings. The zero-order chi connectivity index (χ0) is 26.8. The van der Waals surface area contributed by atoms with Gasteiger partial charge in [-0.2, -0.15) is 0 Å². The Morgan fingerprint density at radius 1 is 1.14 bits per heavy atom. The first kappa shape index (κ1) is 27.4. The Hall–Kier alpha value is -3.17. The largest absolute Gasteiger partial charge is 0.422 e. The second-order valence-electron chi connectivity index (χ2n) is 10.6. The van der Waals surface area contributed by atoms with Gasteiger partial charge in [-0.15, -0.1) is 0 Å². The van der Waals surface area contributed by atoms with E-state index in [0.717, 1.165) is 0 Å². The molecule has 0 atom stereocenters. The number of hydrogen-bond acceptors (Lipinski definition) is 6. The second-order valence-corrected chi connectivity index (χ2v) is 15.4. The Kier molecular flexibility index (Phi) is 7.95. The van der Waals surface area contributed by atoms with Crippen molar-refractivity contribution in [2.24, 2.45) is 0 Å². The molecular weight excluding hydrogens is 479 g/mol. The standard InChI is InChI=1S/C27H35FN2O5Si/c1-27(2,3)36(6,7)33-14-13-19-20-12-11-18(34-26(32)30(4)5)16-23(20)35-25(31)21(19)15-17-9-8-10-22(29)24(17)28/h8-12,16H,13-15,29H2,1-7H3. The Morgan fingerprint density at radius 3 is 2.47 bits per heavy atom. The minimum Gasteiger partial charge on any atom is -0.422 e. The van der Waals surface area contributed by atoms with Gasteiger partial charge in [0, 0.05) is 44.1 Å². The number of anilines is 1. The Labute approximate surface area is 212 Å². The molecule has 7 nitrogen and oxygen atoms in total. The van der Waals surface area contributed by atoms with Crippen LogP contribution in [0, 0.1) is 5.82 Å². The lowest BCUT2D eigenvalue weighted by Crippen LogP contribution is -2.41. The highest BCUT2D eigenvalue weighted by atomic mass is 28.4. The van der Waals surface area contributed by atoms with Gasteiger partial charge < -0.3 is 24.2 Å². The van der Waals surface area contributed by atoms with E-state index in [4.69, 9.17) is 19.3 Å². The first-order valence-electron chi connectivity index (χ1n) is 11.9. The number of carbonyl (C=O) groups excluding carboxylic acids is 1. The van der Waals surface area contributed by atoms with Crippen LogP contribution in [0.15, 0.2) is 45.6 Å². The van der Waals surface area contributed by atoms with Crippen LogP contribution in [-0.4, -0.2) is 40.0 Å². The summed E-state index contributed by atoms with van der Waals surface area (Å²) in [6.45, 7) is 11.2. The Balaban J connectivity index is 2.07. The van der Waals surface area contributed by atoms with E-state index in [9.17, 15) is 14.0 Å². The van der Waals surface area contributed by atoms with Crippen LogP contribution in [0.25, 0.3) is 11.0 Å². The molecule has 1 amide bonds. The van der Waals surface area contributed by atoms with Crippen molar-refractivity contribution in [2.75, 3.05) is 26.4 Å². The predicted molar refractivity (Wildman–Crippen MR) is 143 cm³/mol. The van der Waals surface area contributed by atoms with E-state index < -0.39 is 25.9 Å². The molecule has 0 unspecified atom stereocenters. The lowest BCUT2D eigenvalue weighted by Gasteiger charge is -2.36. The van der Waals surface area contributed by atoms with Crippen molar-refractivity contribution in [2.45, 2.75) is 51.7 Å². The van der Waals surface area contributed by atoms with Crippen molar-refractivity contribution in [1.29, 1.82) is 0 Å². The average molecular weight is 515 g/mol. The average Bonchev–Trinajstić information content (AvgIpc) is 2.77. The summed E-state index contributed by atoms with van der Waals surface area (Å²) >= 11 is 0. The summed E-state index contributed by atoms with van der Waals surface area (Å²) in [7, 11) is 1.12. The highest BCUT2D eigenvalue weighted by Gasteiger charge is 2.37. The van der Waals surface area contributed by atoms with Gasteiger partial charge in [0.15, 0.2) is 8.32 Å². The highest BCUT2D eigenvalue weighted by molar-refractivity contribution is 6.74. The van der Waals surface area contributed by atoms with Gasteiger partial charge in [-0.1, -0.05) is 32.9 Å². The SMILES string of the molecule is CN(C)C(=O)Oc1ccc2c(CCO[Si](C)(C)C(C)(C)C)c(Cc3cccc(N)c3F)c(=O)oc2c1. The molecule has 3 aromatic rings. The summed E-state index contributed by atoms with van der Waals surface area (Å²) in [5.74, 6) is -0.297. The molecule has 1 heterocycles. The Bertz CT molecular complexity index is 1330. The van der Waals surface area contributed by atoms with Gasteiger partial charge in [0.05, 0.1) is 5.69 Å². The van der Waals surface area contributed by atoms with Crippen molar-refractivity contribution in [3.8, 4) is 5.75 Å². The molecule has 0 spiro atoms. The smallest absolute Gasteiger partial charge is 0.414 e. The minimum atomic E-state index is -2.03. The number of hydrogen-bond donors (Lipinski definition) is 1. The summed E-state index contributed by atoms with van der Waals surface area (Å²) < 4.78 is 32.0. The fourth-order valence-corrected chi connectivity index (χ4v) is 4.60. The lowest BCUT2D eigenvalue weighted by atomic mass is 9.96. The van der Waals surface area contributed by atoms with E-state index in [1.165, 1.54) is 17.0 Å². The third-order valence-corrected chi connectivity index (χ3v) is 11.3. The number of benzene rings is 2. The van der Waals surface area contributed by atoms with E-state index >= 15 is 0 Å². The van der Waals surface area contributed by atoms with Gasteiger partial charge in [-0.25, -0.2) is 14.0 Å². The topological polar surface area (TPSA) is 95.0 Å². The molecule has 194 valence electrons. The number of amides is 1. The molecule has 1 aromatic heterocycles. The monoisotopic (exact) mass is 514 g/mol. The van der Waals surface area contributed by atoms with E-state index in [-0.39, 0.29) is 28.5 Å². The molecule has 9 heteroatoms. The van der Waals surface area contributed by atoms with E-state index in [0.29, 0.717) is 35.1 Å². The zero-order valence-electron chi connectivity index (χ0n) is 22.0. The number of ether oxygens (including phenoxy) is 1. The molecule has 0 bridgehead atoms. The molecule has 3 rings (SSSR count). The maximum absolute atomic E-state index is 14.7. The van der Waals surface area contributed by atoms with Gasteiger partial charge in [-0.3, -0.25) is 0 Å². The first-order chi connectivity index (χ1) is 16.7. The van der Waals surface area contributed by atoms with Crippen molar-refractivity contribution in [1.82, 2.24) is 4.90 Å². The molecule has 0 radical (unpaired) electrons. The maximum Gasteiger partial charge on any atom is 0.414 e. The van der Waals surface area contributed by atoms with Crippen LogP contribution < -0.4 is 16.1 Å². The third kappa shape index (κ3) is 5.96. The maximum atomic E-state index is 14.7.